The Morgan fingerprint density at radius 3 is 2.54 bits per heavy atom. The van der Waals surface area contributed by atoms with Crippen LogP contribution in [0.2, 0.25) is 0 Å². The first-order valence-corrected chi connectivity index (χ1v) is 10.2. The molecule has 1 aliphatic rings. The molecule has 0 spiro atoms. The molecule has 0 radical (unpaired) electrons. The zero-order chi connectivity index (χ0) is 17.3. The predicted octanol–water partition coefficient (Wildman–Crippen LogP) is 1.21. The average Bonchev–Trinajstić information content (AvgIpc) is 3.07. The van der Waals surface area contributed by atoms with Crippen LogP contribution in [0.25, 0.3) is 0 Å². The van der Waals surface area contributed by atoms with Gasteiger partial charge in [0.05, 0.1) is 11.1 Å². The maximum Gasteiger partial charge on any atom is 0.264 e. The summed E-state index contributed by atoms with van der Waals surface area (Å²) in [6.45, 7) is 3.87. The molecule has 3 rings (SSSR count). The van der Waals surface area contributed by atoms with Gasteiger partial charge in [0.25, 0.3) is 5.91 Å². The second kappa shape index (κ2) is 6.48. The molecule has 128 valence electrons. The molecule has 0 bridgehead atoms. The van der Waals surface area contributed by atoms with Crippen molar-refractivity contribution in [3.8, 4) is 0 Å². The van der Waals surface area contributed by atoms with E-state index >= 15 is 0 Å². The van der Waals surface area contributed by atoms with Crippen molar-refractivity contribution >= 4 is 32.9 Å². The Labute approximate surface area is 144 Å². The molecule has 1 aliphatic heterocycles. The van der Waals surface area contributed by atoms with E-state index in [1.54, 1.807) is 11.8 Å². The van der Waals surface area contributed by atoms with Crippen molar-refractivity contribution in [2.75, 3.05) is 37.3 Å². The molecule has 1 fully saturated rings. The van der Waals surface area contributed by atoms with E-state index in [4.69, 9.17) is 0 Å². The first-order valence-electron chi connectivity index (χ1n) is 7.47. The van der Waals surface area contributed by atoms with E-state index < -0.39 is 9.84 Å². The Morgan fingerprint density at radius 2 is 1.96 bits per heavy atom. The summed E-state index contributed by atoms with van der Waals surface area (Å²) < 4.78 is 23.9. The van der Waals surface area contributed by atoms with Gasteiger partial charge in [0.1, 0.15) is 10.7 Å². The first kappa shape index (κ1) is 16.8. The van der Waals surface area contributed by atoms with Gasteiger partial charge in [-0.25, -0.2) is 18.4 Å². The van der Waals surface area contributed by atoms with Crippen molar-refractivity contribution < 1.29 is 13.2 Å². The van der Waals surface area contributed by atoms with Crippen molar-refractivity contribution in [1.82, 2.24) is 14.9 Å². The van der Waals surface area contributed by atoms with E-state index in [0.717, 1.165) is 11.1 Å². The number of carbonyl (C=O) groups is 1. The molecule has 2 aromatic rings. The second-order valence-electron chi connectivity index (χ2n) is 5.63. The number of rotatable bonds is 3. The summed E-state index contributed by atoms with van der Waals surface area (Å²) in [6, 6.07) is 3.67. The number of hydrogen-bond acceptors (Lipinski definition) is 7. The average molecular weight is 366 g/mol. The van der Waals surface area contributed by atoms with Crippen molar-refractivity contribution in [2.24, 2.45) is 0 Å². The highest BCUT2D eigenvalue weighted by Crippen LogP contribution is 2.24. The van der Waals surface area contributed by atoms with E-state index in [2.05, 4.69) is 9.97 Å². The number of hydrogen-bond donors (Lipinski definition) is 0. The maximum absolute atomic E-state index is 12.4. The normalized spacial score (nSPS) is 15.6. The minimum atomic E-state index is -3.41. The number of carbonyl (C=O) groups excluding carboxylic acids is 1. The zero-order valence-electron chi connectivity index (χ0n) is 13.5. The summed E-state index contributed by atoms with van der Waals surface area (Å²) in [6.07, 6.45) is 2.51. The smallest absolute Gasteiger partial charge is 0.264 e. The summed E-state index contributed by atoms with van der Waals surface area (Å²) in [5.74, 6) is 0.967. The van der Waals surface area contributed by atoms with Crippen LogP contribution in [-0.4, -0.2) is 61.6 Å². The molecule has 0 saturated carbocycles. The van der Waals surface area contributed by atoms with Gasteiger partial charge in [-0.1, -0.05) is 6.07 Å². The van der Waals surface area contributed by atoms with Crippen LogP contribution < -0.4 is 4.90 Å². The van der Waals surface area contributed by atoms with Crippen LogP contribution in [0.3, 0.4) is 0 Å². The van der Waals surface area contributed by atoms with Gasteiger partial charge < -0.3 is 9.80 Å². The molecule has 0 atom stereocenters. The quantitative estimate of drug-likeness (QED) is 0.812. The van der Waals surface area contributed by atoms with Crippen molar-refractivity contribution in [2.45, 2.75) is 11.8 Å². The van der Waals surface area contributed by atoms with Crippen LogP contribution in [0.15, 0.2) is 28.6 Å². The Balaban J connectivity index is 1.78. The standard InChI is InChI=1S/C15H18N4O3S2/c1-11-16-10-13(24(2,21)22)14(17-11)18-5-7-19(8-6-18)15(20)12-4-3-9-23-12/h3-4,9-10H,5-8H2,1-2H3. The van der Waals surface area contributed by atoms with E-state index in [-0.39, 0.29) is 10.8 Å². The second-order valence-corrected chi connectivity index (χ2v) is 8.57. The Bertz CT molecular complexity index is 842. The van der Waals surface area contributed by atoms with Crippen molar-refractivity contribution in [1.29, 1.82) is 0 Å². The van der Waals surface area contributed by atoms with E-state index in [1.165, 1.54) is 17.5 Å². The van der Waals surface area contributed by atoms with Crippen LogP contribution >= 0.6 is 11.3 Å². The van der Waals surface area contributed by atoms with Gasteiger partial charge in [0.2, 0.25) is 0 Å². The van der Waals surface area contributed by atoms with Gasteiger partial charge in [-0.05, 0) is 18.4 Å². The number of piperazine rings is 1. The van der Waals surface area contributed by atoms with Gasteiger partial charge in [0, 0.05) is 32.4 Å². The van der Waals surface area contributed by atoms with E-state index in [9.17, 15) is 13.2 Å². The molecular weight excluding hydrogens is 348 g/mol. The molecule has 24 heavy (non-hydrogen) atoms. The van der Waals surface area contributed by atoms with Crippen LogP contribution in [0.4, 0.5) is 5.82 Å². The number of aromatic nitrogens is 2. The minimum absolute atomic E-state index is 0.0202. The fourth-order valence-corrected chi connectivity index (χ4v) is 4.05. The van der Waals surface area contributed by atoms with Crippen LogP contribution in [0.5, 0.6) is 0 Å². The van der Waals surface area contributed by atoms with E-state index in [0.29, 0.717) is 37.8 Å². The fraction of sp³-hybridized carbons (Fsp3) is 0.400. The fourth-order valence-electron chi connectivity index (χ4n) is 2.61. The molecule has 3 heterocycles. The molecule has 0 aliphatic carbocycles. The summed E-state index contributed by atoms with van der Waals surface area (Å²) in [7, 11) is -3.41. The van der Waals surface area contributed by atoms with Gasteiger partial charge in [-0.2, -0.15) is 0 Å². The SMILES string of the molecule is Cc1ncc(S(C)(=O)=O)c(N2CCN(C(=O)c3cccs3)CC2)n1. The molecule has 7 nitrogen and oxygen atoms in total. The predicted molar refractivity (Wildman–Crippen MR) is 92.3 cm³/mol. The largest absolute Gasteiger partial charge is 0.352 e. The number of nitrogens with zero attached hydrogens (tertiary/aromatic N) is 4. The monoisotopic (exact) mass is 366 g/mol. The maximum atomic E-state index is 12.4. The number of aryl methyl sites for hydroxylation is 1. The molecule has 0 unspecified atom stereocenters. The highest BCUT2D eigenvalue weighted by atomic mass is 32.2. The Hall–Kier alpha value is -2.00. The first-order chi connectivity index (χ1) is 11.4. The molecular formula is C15H18N4O3S2. The van der Waals surface area contributed by atoms with Gasteiger partial charge in [0.15, 0.2) is 15.7 Å². The molecule has 0 N–H and O–H groups in total. The lowest BCUT2D eigenvalue weighted by Crippen LogP contribution is -2.49. The van der Waals surface area contributed by atoms with Crippen molar-refractivity contribution in [3.63, 3.8) is 0 Å². The Morgan fingerprint density at radius 1 is 1.25 bits per heavy atom. The van der Waals surface area contributed by atoms with Crippen LogP contribution in [0.1, 0.15) is 15.5 Å². The van der Waals surface area contributed by atoms with E-state index in [1.807, 2.05) is 22.4 Å². The topological polar surface area (TPSA) is 83.5 Å². The summed E-state index contributed by atoms with van der Waals surface area (Å²) >= 11 is 1.42. The highest BCUT2D eigenvalue weighted by Gasteiger charge is 2.27. The molecule has 1 saturated heterocycles. The number of anilines is 1. The zero-order valence-corrected chi connectivity index (χ0v) is 15.1. The van der Waals surface area contributed by atoms with Crippen molar-refractivity contribution in [3.05, 3.63) is 34.4 Å². The molecule has 2 aromatic heterocycles. The van der Waals surface area contributed by atoms with Crippen LogP contribution in [0, 0.1) is 6.92 Å². The Kier molecular flexibility index (Phi) is 4.55. The number of amides is 1. The lowest BCUT2D eigenvalue weighted by Gasteiger charge is -2.35. The number of sulfone groups is 1. The third kappa shape index (κ3) is 3.41. The van der Waals surface area contributed by atoms with Crippen LogP contribution in [-0.2, 0) is 9.84 Å². The van der Waals surface area contributed by atoms with Gasteiger partial charge in [-0.15, -0.1) is 11.3 Å². The minimum Gasteiger partial charge on any atom is -0.352 e. The molecule has 0 aromatic carbocycles. The molecule has 9 heteroatoms. The lowest BCUT2D eigenvalue weighted by atomic mass is 10.3. The summed E-state index contributed by atoms with van der Waals surface area (Å²) in [5.41, 5.74) is 0. The molecule has 1 amide bonds. The third-order valence-electron chi connectivity index (χ3n) is 3.85. The third-order valence-corrected chi connectivity index (χ3v) is 5.80. The summed E-state index contributed by atoms with van der Waals surface area (Å²) in [4.78, 5) is 25.2. The van der Waals surface area contributed by atoms with Gasteiger partial charge >= 0.3 is 0 Å². The lowest BCUT2D eigenvalue weighted by molar-refractivity contribution is 0.0751. The summed E-state index contributed by atoms with van der Waals surface area (Å²) in [5, 5.41) is 1.88. The van der Waals surface area contributed by atoms with Gasteiger partial charge in [-0.3, -0.25) is 4.79 Å². The number of thiophene rings is 1. The highest BCUT2D eigenvalue weighted by molar-refractivity contribution is 7.90.